The van der Waals surface area contributed by atoms with Gasteiger partial charge in [-0.3, -0.25) is 4.79 Å². The van der Waals surface area contributed by atoms with Crippen molar-refractivity contribution in [2.45, 2.75) is 12.8 Å². The van der Waals surface area contributed by atoms with Gasteiger partial charge in [0.15, 0.2) is 0 Å². The molecule has 1 unspecified atom stereocenters. The number of amides is 1. The summed E-state index contributed by atoms with van der Waals surface area (Å²) in [6.45, 7) is 1.91. The van der Waals surface area contributed by atoms with E-state index < -0.39 is 17.8 Å². The van der Waals surface area contributed by atoms with E-state index >= 15 is 0 Å². The third-order valence-corrected chi connectivity index (χ3v) is 5.83. The molecular weight excluding hydrogens is 426 g/mol. The summed E-state index contributed by atoms with van der Waals surface area (Å²) in [6.07, 6.45) is 0. The molecule has 1 heterocycles. The fraction of sp³-hybridized carbons (Fsp3) is 0.208. The molecule has 0 fully saturated rings. The average Bonchev–Trinajstić information content (AvgIpc) is 2.82. The van der Waals surface area contributed by atoms with Crippen LogP contribution in [-0.2, 0) is 14.3 Å². The number of nitrogens with two attached hydrogens (primary N) is 1. The Hall–Kier alpha value is -3.70. The van der Waals surface area contributed by atoms with Gasteiger partial charge < -0.3 is 20.5 Å². The Kier molecular flexibility index (Phi) is 7.58. The Morgan fingerprint density at radius 2 is 1.94 bits per heavy atom. The van der Waals surface area contributed by atoms with E-state index in [1.807, 2.05) is 36.4 Å². The van der Waals surface area contributed by atoms with Gasteiger partial charge in [0.25, 0.3) is 0 Å². The molecule has 0 bridgehead atoms. The topological polar surface area (TPSA) is 114 Å². The summed E-state index contributed by atoms with van der Waals surface area (Å²) in [5.74, 6) is -1.19. The van der Waals surface area contributed by atoms with E-state index in [2.05, 4.69) is 11.4 Å². The van der Waals surface area contributed by atoms with Crippen LogP contribution in [0.15, 0.2) is 70.8 Å². The summed E-state index contributed by atoms with van der Waals surface area (Å²) in [7, 11) is 1.55. The Labute approximate surface area is 190 Å². The first kappa shape index (κ1) is 23.0. The number of hydrogen-bond donors (Lipinski definition) is 2. The Morgan fingerprint density at radius 1 is 1.19 bits per heavy atom. The number of rotatable bonds is 8. The van der Waals surface area contributed by atoms with Crippen molar-refractivity contribution in [3.05, 3.63) is 81.9 Å². The third-order valence-electron chi connectivity index (χ3n) is 4.79. The Morgan fingerprint density at radius 3 is 2.56 bits per heavy atom. The molecule has 164 valence electrons. The highest BCUT2D eigenvalue weighted by Crippen LogP contribution is 2.44. The van der Waals surface area contributed by atoms with E-state index in [1.165, 1.54) is 0 Å². The van der Waals surface area contributed by atoms with Crippen molar-refractivity contribution in [1.29, 1.82) is 5.26 Å². The van der Waals surface area contributed by atoms with E-state index in [0.717, 1.165) is 17.3 Å². The largest absolute Gasteiger partial charge is 0.497 e. The number of primary amides is 1. The molecule has 1 atom stereocenters. The van der Waals surface area contributed by atoms with Crippen molar-refractivity contribution in [2.75, 3.05) is 19.5 Å². The first-order valence-corrected chi connectivity index (χ1v) is 10.9. The maximum atomic E-state index is 13.2. The number of benzene rings is 2. The number of carbonyl (C=O) groups is 2. The zero-order chi connectivity index (χ0) is 23.1. The van der Waals surface area contributed by atoms with Gasteiger partial charge in [0.05, 0.1) is 53.3 Å². The van der Waals surface area contributed by atoms with Crippen molar-refractivity contribution in [1.82, 2.24) is 5.32 Å². The van der Waals surface area contributed by atoms with Gasteiger partial charge in [0.2, 0.25) is 5.91 Å². The molecule has 3 rings (SSSR count). The number of esters is 1. The van der Waals surface area contributed by atoms with Crippen molar-refractivity contribution < 1.29 is 19.1 Å². The van der Waals surface area contributed by atoms with Gasteiger partial charge >= 0.3 is 5.97 Å². The fourth-order valence-electron chi connectivity index (χ4n) is 3.46. The molecule has 3 N–H and O–H groups in total. The number of allylic oxidation sites excluding steroid dienone is 1. The molecule has 8 heteroatoms. The summed E-state index contributed by atoms with van der Waals surface area (Å²) in [6, 6.07) is 18.7. The van der Waals surface area contributed by atoms with E-state index in [9.17, 15) is 14.9 Å². The predicted molar refractivity (Wildman–Crippen MR) is 123 cm³/mol. The minimum absolute atomic E-state index is 0.0187. The van der Waals surface area contributed by atoms with Crippen LogP contribution in [0.5, 0.6) is 5.75 Å². The molecule has 2 aromatic rings. The molecule has 7 nitrogen and oxygen atoms in total. The molecule has 1 aliphatic rings. The predicted octanol–water partition coefficient (Wildman–Crippen LogP) is 3.31. The van der Waals surface area contributed by atoms with Crippen LogP contribution in [0, 0.1) is 11.3 Å². The number of ether oxygens (including phenoxy) is 2. The van der Waals surface area contributed by atoms with E-state index in [4.69, 9.17) is 15.2 Å². The highest BCUT2D eigenvalue weighted by atomic mass is 32.2. The number of nitrogens with one attached hydrogen (secondary N) is 1. The molecule has 0 radical (unpaired) electrons. The van der Waals surface area contributed by atoms with Crippen LogP contribution in [-0.4, -0.2) is 31.3 Å². The lowest BCUT2D eigenvalue weighted by Crippen LogP contribution is -2.29. The first-order valence-electron chi connectivity index (χ1n) is 9.93. The summed E-state index contributed by atoms with van der Waals surface area (Å²) >= 11 is 1.13. The van der Waals surface area contributed by atoms with E-state index in [0.29, 0.717) is 33.2 Å². The first-order chi connectivity index (χ1) is 15.5. The third kappa shape index (κ3) is 4.95. The zero-order valence-electron chi connectivity index (χ0n) is 17.8. The van der Waals surface area contributed by atoms with Gasteiger partial charge in [0, 0.05) is 0 Å². The SMILES string of the molecule is CCOC(=O)C1=C(c2ccccc2)NC(SCC(N)=O)=C(C#N)C1c1cccc(OC)c1. The van der Waals surface area contributed by atoms with Crippen LogP contribution in [0.3, 0.4) is 0 Å². The second-order valence-electron chi connectivity index (χ2n) is 6.82. The van der Waals surface area contributed by atoms with Gasteiger partial charge in [-0.25, -0.2) is 4.79 Å². The maximum absolute atomic E-state index is 13.2. The fourth-order valence-corrected chi connectivity index (χ4v) is 4.24. The van der Waals surface area contributed by atoms with Crippen LogP contribution in [0.4, 0.5) is 0 Å². The number of thioether (sulfide) groups is 1. The standard InChI is InChI=1S/C24H23N3O4S/c1-3-31-24(29)21-20(16-10-7-11-17(12-16)30-2)18(13-25)23(32-14-19(26)28)27-22(21)15-8-5-4-6-9-15/h4-12,20,27H,3,14H2,1-2H3,(H2,26,28). The molecule has 0 aromatic heterocycles. The van der Waals surface area contributed by atoms with Gasteiger partial charge in [-0.2, -0.15) is 5.26 Å². The smallest absolute Gasteiger partial charge is 0.337 e. The molecule has 1 amide bonds. The van der Waals surface area contributed by atoms with Crippen molar-refractivity contribution in [2.24, 2.45) is 5.73 Å². The van der Waals surface area contributed by atoms with Crippen molar-refractivity contribution >= 4 is 29.3 Å². The number of methoxy groups -OCH3 is 1. The second kappa shape index (κ2) is 10.6. The van der Waals surface area contributed by atoms with Gasteiger partial charge in [-0.1, -0.05) is 54.2 Å². The van der Waals surface area contributed by atoms with Crippen LogP contribution < -0.4 is 15.8 Å². The number of carbonyl (C=O) groups excluding carboxylic acids is 2. The normalized spacial score (nSPS) is 15.6. The Bertz CT molecular complexity index is 1120. The van der Waals surface area contributed by atoms with E-state index in [-0.39, 0.29) is 12.4 Å². The van der Waals surface area contributed by atoms with Crippen molar-refractivity contribution in [3.8, 4) is 11.8 Å². The monoisotopic (exact) mass is 449 g/mol. The lowest BCUT2D eigenvalue weighted by atomic mass is 9.81. The maximum Gasteiger partial charge on any atom is 0.337 e. The lowest BCUT2D eigenvalue weighted by Gasteiger charge is -2.30. The summed E-state index contributed by atoms with van der Waals surface area (Å²) in [5.41, 5.74) is 7.91. The molecule has 0 saturated carbocycles. The Balaban J connectivity index is 2.29. The van der Waals surface area contributed by atoms with Crippen LogP contribution in [0.1, 0.15) is 24.0 Å². The minimum Gasteiger partial charge on any atom is -0.497 e. The zero-order valence-corrected chi connectivity index (χ0v) is 18.6. The van der Waals surface area contributed by atoms with Crippen LogP contribution in [0.25, 0.3) is 5.70 Å². The second-order valence-corrected chi connectivity index (χ2v) is 7.80. The quantitative estimate of drug-likeness (QED) is 0.594. The molecule has 0 spiro atoms. The van der Waals surface area contributed by atoms with E-state index in [1.54, 1.807) is 32.2 Å². The molecule has 32 heavy (non-hydrogen) atoms. The van der Waals surface area contributed by atoms with Crippen LogP contribution >= 0.6 is 11.8 Å². The number of dihydropyridines is 1. The number of nitriles is 1. The molecule has 0 aliphatic carbocycles. The number of nitrogens with zero attached hydrogens (tertiary/aromatic N) is 1. The van der Waals surface area contributed by atoms with Crippen LogP contribution in [0.2, 0.25) is 0 Å². The minimum atomic E-state index is -0.721. The molecule has 0 saturated heterocycles. The molecule has 1 aliphatic heterocycles. The summed E-state index contributed by atoms with van der Waals surface area (Å²) in [5, 5.41) is 13.8. The lowest BCUT2D eigenvalue weighted by molar-refractivity contribution is -0.138. The van der Waals surface area contributed by atoms with Gasteiger partial charge in [-0.15, -0.1) is 0 Å². The van der Waals surface area contributed by atoms with Gasteiger partial charge in [-0.05, 0) is 30.2 Å². The molecule has 2 aromatic carbocycles. The highest BCUT2D eigenvalue weighted by Gasteiger charge is 2.37. The summed E-state index contributed by atoms with van der Waals surface area (Å²) < 4.78 is 10.7. The number of hydrogen-bond acceptors (Lipinski definition) is 7. The summed E-state index contributed by atoms with van der Waals surface area (Å²) in [4.78, 5) is 24.6. The average molecular weight is 450 g/mol. The van der Waals surface area contributed by atoms with Gasteiger partial charge in [0.1, 0.15) is 5.75 Å². The van der Waals surface area contributed by atoms with Crippen molar-refractivity contribution in [3.63, 3.8) is 0 Å². The highest BCUT2D eigenvalue weighted by molar-refractivity contribution is 8.03. The molecular formula is C24H23N3O4S.